The molecular formula is C10H21NO3S. The number of nitrogens with one attached hydrogen (secondary N) is 1. The lowest BCUT2D eigenvalue weighted by molar-refractivity contribution is 0.153. The predicted molar refractivity (Wildman–Crippen MR) is 60.7 cm³/mol. The number of methoxy groups -OCH3 is 1. The minimum atomic E-state index is -2.89. The minimum absolute atomic E-state index is 0.000694. The molecule has 1 saturated carbocycles. The Hall–Kier alpha value is -0.130. The van der Waals surface area contributed by atoms with Crippen LogP contribution in [0.15, 0.2) is 0 Å². The highest BCUT2D eigenvalue weighted by Crippen LogP contribution is 2.32. The maximum Gasteiger partial charge on any atom is 0.148 e. The van der Waals surface area contributed by atoms with E-state index in [1.807, 2.05) is 6.92 Å². The molecule has 0 bridgehead atoms. The quantitative estimate of drug-likeness (QED) is 0.695. The molecule has 90 valence electrons. The second-order valence-electron chi connectivity index (χ2n) is 4.56. The summed E-state index contributed by atoms with van der Waals surface area (Å²) in [4.78, 5) is 0. The van der Waals surface area contributed by atoms with Crippen molar-refractivity contribution in [3.63, 3.8) is 0 Å². The van der Waals surface area contributed by atoms with Crippen LogP contribution in [0.5, 0.6) is 0 Å². The van der Waals surface area contributed by atoms with Crippen molar-refractivity contribution in [3.8, 4) is 0 Å². The normalized spacial score (nSPS) is 21.3. The molecule has 0 saturated heterocycles. The fourth-order valence-electron chi connectivity index (χ4n) is 1.87. The van der Waals surface area contributed by atoms with E-state index in [4.69, 9.17) is 4.74 Å². The first-order valence-electron chi connectivity index (χ1n) is 5.35. The van der Waals surface area contributed by atoms with Crippen LogP contribution in [0.25, 0.3) is 0 Å². The van der Waals surface area contributed by atoms with E-state index in [1.165, 1.54) is 19.1 Å². The molecule has 2 atom stereocenters. The van der Waals surface area contributed by atoms with Gasteiger partial charge in [0, 0.05) is 25.4 Å². The molecule has 15 heavy (non-hydrogen) atoms. The van der Waals surface area contributed by atoms with Crippen LogP contribution in [0.3, 0.4) is 0 Å². The molecule has 2 unspecified atom stereocenters. The van der Waals surface area contributed by atoms with Crippen molar-refractivity contribution in [2.24, 2.45) is 5.92 Å². The summed E-state index contributed by atoms with van der Waals surface area (Å²) in [6.45, 7) is 2.57. The van der Waals surface area contributed by atoms with Gasteiger partial charge in [-0.15, -0.1) is 0 Å². The van der Waals surface area contributed by atoms with Crippen LogP contribution in [0.2, 0.25) is 0 Å². The summed E-state index contributed by atoms with van der Waals surface area (Å²) in [6.07, 6.45) is 3.73. The minimum Gasteiger partial charge on any atom is -0.383 e. The van der Waals surface area contributed by atoms with E-state index in [0.29, 0.717) is 18.6 Å². The Balaban J connectivity index is 2.36. The Morgan fingerprint density at radius 3 is 2.47 bits per heavy atom. The zero-order chi connectivity index (χ0) is 11.5. The van der Waals surface area contributed by atoms with Gasteiger partial charge in [0.05, 0.1) is 12.4 Å². The summed E-state index contributed by atoms with van der Waals surface area (Å²) in [6, 6.07) is 0.312. The Morgan fingerprint density at radius 2 is 2.07 bits per heavy atom. The topological polar surface area (TPSA) is 55.4 Å². The average Bonchev–Trinajstić information content (AvgIpc) is 2.81. The van der Waals surface area contributed by atoms with E-state index in [2.05, 4.69) is 5.32 Å². The molecule has 5 heteroatoms. The third-order valence-electron chi connectivity index (χ3n) is 2.59. The molecule has 1 N–H and O–H groups in total. The van der Waals surface area contributed by atoms with Gasteiger partial charge < -0.3 is 10.1 Å². The van der Waals surface area contributed by atoms with Gasteiger partial charge in [0.15, 0.2) is 0 Å². The van der Waals surface area contributed by atoms with Gasteiger partial charge in [-0.1, -0.05) is 0 Å². The molecule has 1 fully saturated rings. The summed E-state index contributed by atoms with van der Waals surface area (Å²) in [7, 11) is -1.21. The zero-order valence-electron chi connectivity index (χ0n) is 9.69. The van der Waals surface area contributed by atoms with E-state index >= 15 is 0 Å². The Labute approximate surface area is 92.3 Å². The molecule has 1 rings (SSSR count). The lowest BCUT2D eigenvalue weighted by Gasteiger charge is -2.22. The first-order valence-corrected chi connectivity index (χ1v) is 7.41. The Bertz CT molecular complexity index is 285. The van der Waals surface area contributed by atoms with Gasteiger partial charge in [0.25, 0.3) is 0 Å². The smallest absolute Gasteiger partial charge is 0.148 e. The van der Waals surface area contributed by atoms with Crippen molar-refractivity contribution in [2.45, 2.75) is 31.8 Å². The highest BCUT2D eigenvalue weighted by Gasteiger charge is 2.32. The van der Waals surface area contributed by atoms with Crippen molar-refractivity contribution in [1.82, 2.24) is 5.32 Å². The van der Waals surface area contributed by atoms with Crippen LogP contribution in [-0.4, -0.2) is 46.2 Å². The van der Waals surface area contributed by atoms with Gasteiger partial charge in [-0.3, -0.25) is 0 Å². The highest BCUT2D eigenvalue weighted by atomic mass is 32.2. The number of rotatable bonds is 7. The van der Waals surface area contributed by atoms with E-state index in [0.717, 1.165) is 0 Å². The van der Waals surface area contributed by atoms with Gasteiger partial charge in [-0.05, 0) is 25.7 Å². The number of hydrogen-bond acceptors (Lipinski definition) is 4. The largest absolute Gasteiger partial charge is 0.383 e. The van der Waals surface area contributed by atoms with Crippen LogP contribution in [0.1, 0.15) is 19.8 Å². The maximum absolute atomic E-state index is 11.1. The number of hydrogen-bond donors (Lipinski definition) is 1. The van der Waals surface area contributed by atoms with Gasteiger partial charge >= 0.3 is 0 Å². The number of sulfone groups is 1. The number of ether oxygens (including phenoxy) is 1. The second-order valence-corrected chi connectivity index (χ2v) is 6.74. The van der Waals surface area contributed by atoms with E-state index in [-0.39, 0.29) is 11.8 Å². The SMILES string of the molecule is COCC(NC(C)CS(C)(=O)=O)C1CC1. The molecule has 0 aromatic heterocycles. The Kier molecular flexibility index (Phi) is 4.55. The van der Waals surface area contributed by atoms with E-state index in [1.54, 1.807) is 7.11 Å². The first kappa shape index (κ1) is 12.9. The molecule has 0 aliphatic heterocycles. The van der Waals surface area contributed by atoms with E-state index in [9.17, 15) is 8.42 Å². The van der Waals surface area contributed by atoms with Crippen LogP contribution in [0.4, 0.5) is 0 Å². The first-order chi connectivity index (χ1) is 6.92. The molecule has 1 aliphatic rings. The summed E-state index contributed by atoms with van der Waals surface area (Å²) in [5.41, 5.74) is 0. The highest BCUT2D eigenvalue weighted by molar-refractivity contribution is 7.90. The van der Waals surface area contributed by atoms with Gasteiger partial charge in [-0.2, -0.15) is 0 Å². The van der Waals surface area contributed by atoms with Crippen molar-refractivity contribution >= 4 is 9.84 Å². The Morgan fingerprint density at radius 1 is 1.47 bits per heavy atom. The fourth-order valence-corrected chi connectivity index (χ4v) is 2.87. The van der Waals surface area contributed by atoms with Crippen LogP contribution in [0, 0.1) is 5.92 Å². The lowest BCUT2D eigenvalue weighted by atomic mass is 10.2. The molecule has 0 amide bonds. The van der Waals surface area contributed by atoms with E-state index < -0.39 is 9.84 Å². The summed E-state index contributed by atoms with van der Waals surface area (Å²) in [5, 5.41) is 3.33. The summed E-state index contributed by atoms with van der Waals surface area (Å²) < 4.78 is 27.3. The molecule has 4 nitrogen and oxygen atoms in total. The van der Waals surface area contributed by atoms with Gasteiger partial charge in [0.1, 0.15) is 9.84 Å². The van der Waals surface area contributed by atoms with Crippen molar-refractivity contribution in [2.75, 3.05) is 25.7 Å². The van der Waals surface area contributed by atoms with Gasteiger partial charge in [-0.25, -0.2) is 8.42 Å². The molecule has 1 aliphatic carbocycles. The fraction of sp³-hybridized carbons (Fsp3) is 1.00. The molecular weight excluding hydrogens is 214 g/mol. The molecule has 0 aromatic carbocycles. The standard InChI is InChI=1S/C10H21NO3S/c1-8(7-15(3,12)13)11-10(6-14-2)9-4-5-9/h8-11H,4-7H2,1-3H3. The van der Waals surface area contributed by atoms with Crippen molar-refractivity contribution < 1.29 is 13.2 Å². The molecule has 0 aromatic rings. The summed E-state index contributed by atoms with van der Waals surface area (Å²) in [5.74, 6) is 0.867. The molecule has 0 heterocycles. The second kappa shape index (κ2) is 5.27. The van der Waals surface area contributed by atoms with Crippen LogP contribution < -0.4 is 5.32 Å². The molecule has 0 spiro atoms. The van der Waals surface area contributed by atoms with Crippen molar-refractivity contribution in [3.05, 3.63) is 0 Å². The third kappa shape index (κ3) is 5.49. The van der Waals surface area contributed by atoms with Gasteiger partial charge in [0.2, 0.25) is 0 Å². The monoisotopic (exact) mass is 235 g/mol. The zero-order valence-corrected chi connectivity index (χ0v) is 10.5. The van der Waals surface area contributed by atoms with Crippen molar-refractivity contribution in [1.29, 1.82) is 0 Å². The van der Waals surface area contributed by atoms with Crippen LogP contribution >= 0.6 is 0 Å². The molecule has 0 radical (unpaired) electrons. The maximum atomic E-state index is 11.1. The average molecular weight is 235 g/mol. The predicted octanol–water partition coefficient (Wildman–Crippen LogP) is 0.434. The summed E-state index contributed by atoms with van der Waals surface area (Å²) >= 11 is 0. The van der Waals surface area contributed by atoms with Crippen LogP contribution in [-0.2, 0) is 14.6 Å². The lowest BCUT2D eigenvalue weighted by Crippen LogP contribution is -2.43. The third-order valence-corrected chi connectivity index (χ3v) is 3.69.